The molecule has 3 aliphatic rings. The van der Waals surface area contributed by atoms with Gasteiger partial charge < -0.3 is 9.84 Å². The van der Waals surface area contributed by atoms with E-state index in [0.29, 0.717) is 11.3 Å². The summed E-state index contributed by atoms with van der Waals surface area (Å²) in [5, 5.41) is 11.1. The summed E-state index contributed by atoms with van der Waals surface area (Å²) in [7, 11) is 0. The largest absolute Gasteiger partial charge is 0.506 e. The minimum atomic E-state index is -1.04. The number of rotatable bonds is 4. The Morgan fingerprint density at radius 1 is 0.944 bits per heavy atom. The molecule has 0 fully saturated rings. The number of fused-ring (bicyclic) bond motifs is 4. The van der Waals surface area contributed by atoms with Gasteiger partial charge in [0.25, 0.3) is 0 Å². The molecule has 1 unspecified atom stereocenters. The molecule has 6 heteroatoms. The molecule has 5 rings (SSSR count). The summed E-state index contributed by atoms with van der Waals surface area (Å²) in [5.74, 6) is -3.04. The summed E-state index contributed by atoms with van der Waals surface area (Å²) < 4.78 is 6.21. The van der Waals surface area contributed by atoms with Crippen LogP contribution in [-0.4, -0.2) is 33.8 Å². The Morgan fingerprint density at radius 2 is 1.67 bits per heavy atom. The summed E-state index contributed by atoms with van der Waals surface area (Å²) in [6.07, 6.45) is 8.28. The van der Waals surface area contributed by atoms with Crippen LogP contribution in [0.1, 0.15) is 75.8 Å². The highest BCUT2D eigenvalue weighted by Gasteiger charge is 2.41. The van der Waals surface area contributed by atoms with E-state index >= 15 is 0 Å². The minimum Gasteiger partial charge on any atom is -0.506 e. The van der Waals surface area contributed by atoms with Gasteiger partial charge in [-0.25, -0.2) is 0 Å². The highest BCUT2D eigenvalue weighted by atomic mass is 16.5. The number of ether oxygens (including phenoxy) is 1. The number of Topliss-reactive ketones (excluding diaryl/α,β-unsaturated/α-hetero) is 3. The Bertz CT molecular complexity index is 1510. The summed E-state index contributed by atoms with van der Waals surface area (Å²) in [6.45, 7) is 6.01. The quantitative estimate of drug-likeness (QED) is 0.449. The van der Waals surface area contributed by atoms with E-state index in [1.807, 2.05) is 26.8 Å². The first kappa shape index (κ1) is 23.4. The fourth-order valence-electron chi connectivity index (χ4n) is 4.84. The molecule has 0 saturated heterocycles. The van der Waals surface area contributed by atoms with Gasteiger partial charge in [0.1, 0.15) is 17.1 Å². The van der Waals surface area contributed by atoms with Crippen LogP contribution in [0.3, 0.4) is 0 Å². The number of carbonyl (C=O) groups excluding carboxylic acids is 4. The van der Waals surface area contributed by atoms with Crippen molar-refractivity contribution in [1.29, 1.82) is 0 Å². The van der Waals surface area contributed by atoms with Gasteiger partial charge in [0, 0.05) is 33.4 Å². The van der Waals surface area contributed by atoms with Gasteiger partial charge in [-0.05, 0) is 57.9 Å². The predicted octanol–water partition coefficient (Wildman–Crippen LogP) is 5.64. The molecule has 6 nitrogen and oxygen atoms in total. The van der Waals surface area contributed by atoms with Crippen molar-refractivity contribution in [2.45, 2.75) is 39.2 Å². The van der Waals surface area contributed by atoms with E-state index in [2.05, 4.69) is 6.08 Å². The molecule has 1 aliphatic heterocycles. The summed E-state index contributed by atoms with van der Waals surface area (Å²) >= 11 is 0. The zero-order valence-electron chi connectivity index (χ0n) is 20.2. The molecule has 0 spiro atoms. The van der Waals surface area contributed by atoms with E-state index in [4.69, 9.17) is 4.74 Å². The molecule has 0 aromatic heterocycles. The maximum absolute atomic E-state index is 13.3. The first-order valence-corrected chi connectivity index (χ1v) is 11.7. The van der Waals surface area contributed by atoms with Crippen molar-refractivity contribution in [1.82, 2.24) is 0 Å². The first-order chi connectivity index (χ1) is 17.1. The smallest absolute Gasteiger partial charge is 0.238 e. The highest BCUT2D eigenvalue weighted by molar-refractivity contribution is 6.55. The number of benzene rings is 2. The number of carbonyl (C=O) groups is 4. The van der Waals surface area contributed by atoms with Crippen molar-refractivity contribution in [3.05, 3.63) is 99.2 Å². The second-order valence-electron chi connectivity index (χ2n) is 9.65. The molecule has 2 aromatic rings. The van der Waals surface area contributed by atoms with Crippen molar-refractivity contribution in [3.8, 4) is 5.75 Å². The molecular weight excluding hydrogens is 456 g/mol. The Kier molecular flexibility index (Phi) is 5.47. The zero-order chi connectivity index (χ0) is 25.8. The van der Waals surface area contributed by atoms with E-state index in [0.717, 1.165) is 18.9 Å². The predicted molar refractivity (Wildman–Crippen MR) is 135 cm³/mol. The molecule has 0 radical (unpaired) electrons. The van der Waals surface area contributed by atoms with Gasteiger partial charge in [0.2, 0.25) is 11.6 Å². The molecule has 1 N–H and O–H groups in total. The van der Waals surface area contributed by atoms with Crippen molar-refractivity contribution in [2.24, 2.45) is 0 Å². The Balaban J connectivity index is 1.58. The lowest BCUT2D eigenvalue weighted by atomic mass is 9.77. The SMILES string of the molecule is CC(C)=CCCC1(C)C=Cc2c(ccc3c2C(=O)C(=O)C(C2=CC(=O)c4ccccc4C2=O)=C3O)O1. The van der Waals surface area contributed by atoms with Crippen LogP contribution in [-0.2, 0) is 4.79 Å². The van der Waals surface area contributed by atoms with Crippen LogP contribution in [0.2, 0.25) is 0 Å². The number of hydrogen-bond acceptors (Lipinski definition) is 6. The lowest BCUT2D eigenvalue weighted by molar-refractivity contribution is -0.111. The number of aliphatic hydroxyl groups is 1. The molecule has 0 saturated carbocycles. The molecule has 0 amide bonds. The van der Waals surface area contributed by atoms with Gasteiger partial charge in [-0.15, -0.1) is 0 Å². The van der Waals surface area contributed by atoms with Gasteiger partial charge in [-0.3, -0.25) is 19.2 Å². The fourth-order valence-corrected chi connectivity index (χ4v) is 4.84. The Labute approximate surface area is 208 Å². The Morgan fingerprint density at radius 3 is 2.39 bits per heavy atom. The minimum absolute atomic E-state index is 0.0249. The molecular formula is C30H24O6. The van der Waals surface area contributed by atoms with Crippen molar-refractivity contribution in [2.75, 3.05) is 0 Å². The molecule has 1 heterocycles. The van der Waals surface area contributed by atoms with E-state index in [9.17, 15) is 24.3 Å². The third-order valence-corrected chi connectivity index (χ3v) is 6.72. The second-order valence-corrected chi connectivity index (χ2v) is 9.65. The van der Waals surface area contributed by atoms with Crippen molar-refractivity contribution < 1.29 is 29.0 Å². The molecule has 2 aliphatic carbocycles. The van der Waals surface area contributed by atoms with Crippen LogP contribution in [0.4, 0.5) is 0 Å². The van der Waals surface area contributed by atoms with Gasteiger partial charge in [-0.1, -0.05) is 42.0 Å². The van der Waals surface area contributed by atoms with Gasteiger partial charge >= 0.3 is 0 Å². The molecule has 2 aromatic carbocycles. The number of ketones is 4. The van der Waals surface area contributed by atoms with Crippen LogP contribution >= 0.6 is 0 Å². The molecule has 180 valence electrons. The van der Waals surface area contributed by atoms with E-state index in [1.54, 1.807) is 24.3 Å². The lowest BCUT2D eigenvalue weighted by Gasteiger charge is -2.33. The maximum Gasteiger partial charge on any atom is 0.238 e. The average Bonchev–Trinajstić information content (AvgIpc) is 2.84. The van der Waals surface area contributed by atoms with Crippen molar-refractivity contribution in [3.63, 3.8) is 0 Å². The Hall–Kier alpha value is -4.32. The summed E-state index contributed by atoms with van der Waals surface area (Å²) in [5.41, 5.74) is 0.778. The van der Waals surface area contributed by atoms with E-state index in [1.165, 1.54) is 23.8 Å². The normalized spacial score (nSPS) is 20.4. The van der Waals surface area contributed by atoms with Crippen LogP contribution in [0.25, 0.3) is 11.8 Å². The van der Waals surface area contributed by atoms with Crippen LogP contribution < -0.4 is 4.74 Å². The van der Waals surface area contributed by atoms with Gasteiger partial charge in [-0.2, -0.15) is 0 Å². The summed E-state index contributed by atoms with van der Waals surface area (Å²) in [4.78, 5) is 52.3. The van der Waals surface area contributed by atoms with E-state index < -0.39 is 40.1 Å². The van der Waals surface area contributed by atoms with Crippen LogP contribution in [0.5, 0.6) is 5.75 Å². The fraction of sp³-hybridized carbons (Fsp3) is 0.200. The van der Waals surface area contributed by atoms with Crippen LogP contribution in [0.15, 0.2) is 71.3 Å². The highest BCUT2D eigenvalue weighted by Crippen LogP contribution is 2.42. The molecule has 36 heavy (non-hydrogen) atoms. The third kappa shape index (κ3) is 3.66. The number of aliphatic hydroxyl groups excluding tert-OH is 1. The lowest BCUT2D eigenvalue weighted by Crippen LogP contribution is -2.34. The molecule has 1 atom stereocenters. The number of allylic oxidation sites excluding steroid dienone is 5. The monoisotopic (exact) mass is 480 g/mol. The van der Waals surface area contributed by atoms with Gasteiger partial charge in [0.05, 0.1) is 5.57 Å². The standard InChI is InChI=1S/C30H24O6/c1-16(2)7-6-13-30(3)14-12-19-23(36-30)11-10-20-24(19)28(34)29(35)25(27(20)33)21-15-22(31)17-8-4-5-9-18(17)26(21)32/h4-5,7-12,14-15,33H,6,13H2,1-3H3. The van der Waals surface area contributed by atoms with Crippen molar-refractivity contribution >= 4 is 35.0 Å². The average molecular weight is 481 g/mol. The number of hydrogen-bond donors (Lipinski definition) is 1. The maximum atomic E-state index is 13.3. The van der Waals surface area contributed by atoms with Crippen LogP contribution in [0, 0.1) is 0 Å². The zero-order valence-corrected chi connectivity index (χ0v) is 20.2. The first-order valence-electron chi connectivity index (χ1n) is 11.7. The summed E-state index contributed by atoms with van der Waals surface area (Å²) in [6, 6.07) is 9.40. The van der Waals surface area contributed by atoms with E-state index in [-0.39, 0.29) is 27.8 Å². The third-order valence-electron chi connectivity index (χ3n) is 6.72. The molecule has 0 bridgehead atoms. The topological polar surface area (TPSA) is 97.7 Å². The second kappa shape index (κ2) is 8.41. The van der Waals surface area contributed by atoms with Gasteiger partial charge in [0.15, 0.2) is 11.6 Å².